The van der Waals surface area contributed by atoms with E-state index in [4.69, 9.17) is 0 Å². The van der Waals surface area contributed by atoms with Gasteiger partial charge in [-0.2, -0.15) is 0 Å². The number of hydrogen-bond donors (Lipinski definition) is 0. The van der Waals surface area contributed by atoms with Gasteiger partial charge in [-0.05, 0) is 49.5 Å². The first-order valence-corrected chi connectivity index (χ1v) is 8.22. The number of benzene rings is 5. The second-order valence-corrected chi connectivity index (χ2v) is 6.12. The van der Waals surface area contributed by atoms with Crippen LogP contribution in [0.4, 0.5) is 0 Å². The minimum atomic E-state index is 1.14. The zero-order valence-corrected chi connectivity index (χ0v) is 13.2. The largest absolute Gasteiger partial charge is 0.0616 e. The Kier molecular flexibility index (Phi) is 2.89. The molecule has 0 aliphatic heterocycles. The number of rotatable bonds is 1. The summed E-state index contributed by atoms with van der Waals surface area (Å²) in [6.45, 7) is 0. The molecule has 0 heteroatoms. The van der Waals surface area contributed by atoms with Gasteiger partial charge in [-0.25, -0.2) is 0 Å². The topological polar surface area (TPSA) is 0 Å². The lowest BCUT2D eigenvalue weighted by molar-refractivity contribution is 1.65. The van der Waals surface area contributed by atoms with Crippen LogP contribution in [0, 0.1) is 6.07 Å². The summed E-state index contributed by atoms with van der Waals surface area (Å²) in [7, 11) is 0. The molecule has 0 N–H and O–H groups in total. The zero-order chi connectivity index (χ0) is 15.9. The van der Waals surface area contributed by atoms with Crippen LogP contribution in [0.15, 0.2) is 91.0 Å². The summed E-state index contributed by atoms with van der Waals surface area (Å²) in [6.07, 6.45) is 0. The van der Waals surface area contributed by atoms with Crippen LogP contribution in [-0.2, 0) is 0 Å². The lowest BCUT2D eigenvalue weighted by Crippen LogP contribution is -1.84. The van der Waals surface area contributed by atoms with Gasteiger partial charge < -0.3 is 0 Å². The Hall–Kier alpha value is -3.12. The smallest absolute Gasteiger partial charge is 0.00987 e. The third kappa shape index (κ3) is 1.93. The molecule has 0 aromatic heterocycles. The Labute approximate surface area is 141 Å². The van der Waals surface area contributed by atoms with Crippen molar-refractivity contribution in [2.45, 2.75) is 0 Å². The predicted molar refractivity (Wildman–Crippen MR) is 103 cm³/mol. The van der Waals surface area contributed by atoms with Crippen molar-refractivity contribution in [2.24, 2.45) is 0 Å². The third-order valence-electron chi connectivity index (χ3n) is 4.78. The molecule has 0 spiro atoms. The molecule has 5 rings (SSSR count). The van der Waals surface area contributed by atoms with Crippen LogP contribution in [0.2, 0.25) is 0 Å². The highest BCUT2D eigenvalue weighted by atomic mass is 14.1. The summed E-state index contributed by atoms with van der Waals surface area (Å²) in [4.78, 5) is 0. The molecule has 1 radical (unpaired) electrons. The first kappa shape index (κ1) is 13.3. The van der Waals surface area contributed by atoms with Crippen molar-refractivity contribution in [3.63, 3.8) is 0 Å². The Bertz CT molecular complexity index is 1180. The van der Waals surface area contributed by atoms with Crippen LogP contribution in [0.3, 0.4) is 0 Å². The van der Waals surface area contributed by atoms with Crippen molar-refractivity contribution in [1.29, 1.82) is 0 Å². The lowest BCUT2D eigenvalue weighted by Gasteiger charge is -2.11. The van der Waals surface area contributed by atoms with E-state index >= 15 is 0 Å². The van der Waals surface area contributed by atoms with E-state index in [1.807, 2.05) is 12.1 Å². The highest BCUT2D eigenvalue weighted by molar-refractivity contribution is 6.19. The monoisotopic (exact) mass is 303 g/mol. The first-order valence-electron chi connectivity index (χ1n) is 8.22. The van der Waals surface area contributed by atoms with Crippen molar-refractivity contribution in [2.75, 3.05) is 0 Å². The third-order valence-corrected chi connectivity index (χ3v) is 4.78. The summed E-state index contributed by atoms with van der Waals surface area (Å²) in [5.74, 6) is 0. The molecule has 0 aliphatic rings. The molecule has 0 saturated heterocycles. The van der Waals surface area contributed by atoms with E-state index in [-0.39, 0.29) is 0 Å². The van der Waals surface area contributed by atoms with Gasteiger partial charge in [0.15, 0.2) is 0 Å². The molecule has 0 aliphatic carbocycles. The van der Waals surface area contributed by atoms with Gasteiger partial charge in [0.2, 0.25) is 0 Å². The highest BCUT2D eigenvalue weighted by Gasteiger charge is 2.08. The summed E-state index contributed by atoms with van der Waals surface area (Å²) >= 11 is 0. The average molecular weight is 303 g/mol. The van der Waals surface area contributed by atoms with Crippen LogP contribution >= 0.6 is 0 Å². The maximum absolute atomic E-state index is 3.35. The van der Waals surface area contributed by atoms with E-state index in [2.05, 4.69) is 84.9 Å². The van der Waals surface area contributed by atoms with E-state index in [9.17, 15) is 0 Å². The van der Waals surface area contributed by atoms with Gasteiger partial charge in [-0.15, -0.1) is 0 Å². The molecule has 0 unspecified atom stereocenters. The SMILES string of the molecule is [c]1ccccc1-c1cccc2c1ccc1c3ccccc3ccc21. The molecular formula is C24H15. The molecule has 5 aromatic rings. The summed E-state index contributed by atoms with van der Waals surface area (Å²) in [5.41, 5.74) is 2.38. The van der Waals surface area contributed by atoms with Crippen LogP contribution in [0.1, 0.15) is 0 Å². The minimum absolute atomic E-state index is 1.14. The molecule has 24 heavy (non-hydrogen) atoms. The van der Waals surface area contributed by atoms with E-state index in [0.717, 1.165) is 5.56 Å². The van der Waals surface area contributed by atoms with Crippen LogP contribution in [0.5, 0.6) is 0 Å². The van der Waals surface area contributed by atoms with Gasteiger partial charge in [0.25, 0.3) is 0 Å². The van der Waals surface area contributed by atoms with Gasteiger partial charge in [0, 0.05) is 0 Å². The van der Waals surface area contributed by atoms with Gasteiger partial charge in [-0.1, -0.05) is 91.0 Å². The van der Waals surface area contributed by atoms with Crippen molar-refractivity contribution in [3.8, 4) is 11.1 Å². The van der Waals surface area contributed by atoms with Crippen molar-refractivity contribution < 1.29 is 0 Å². The van der Waals surface area contributed by atoms with Gasteiger partial charge in [0.1, 0.15) is 0 Å². The minimum Gasteiger partial charge on any atom is -0.0616 e. The zero-order valence-electron chi connectivity index (χ0n) is 13.2. The van der Waals surface area contributed by atoms with Gasteiger partial charge >= 0.3 is 0 Å². The average Bonchev–Trinajstić information content (AvgIpc) is 2.67. The van der Waals surface area contributed by atoms with E-state index in [1.54, 1.807) is 0 Å². The number of fused-ring (bicyclic) bond motifs is 5. The second-order valence-electron chi connectivity index (χ2n) is 6.12. The molecular weight excluding hydrogens is 288 g/mol. The maximum Gasteiger partial charge on any atom is -0.00987 e. The van der Waals surface area contributed by atoms with Crippen molar-refractivity contribution in [3.05, 3.63) is 97.1 Å². The van der Waals surface area contributed by atoms with E-state index < -0.39 is 0 Å². The summed E-state index contributed by atoms with van der Waals surface area (Å²) in [6, 6.07) is 35.6. The first-order chi connectivity index (χ1) is 11.9. The Balaban J connectivity index is 1.91. The Morgan fingerprint density at radius 2 is 1.17 bits per heavy atom. The Morgan fingerprint density at radius 3 is 2.08 bits per heavy atom. The molecule has 0 nitrogen and oxygen atoms in total. The van der Waals surface area contributed by atoms with Gasteiger partial charge in [0.05, 0.1) is 0 Å². The second kappa shape index (κ2) is 5.21. The normalized spacial score (nSPS) is 11.3. The molecule has 0 amide bonds. The van der Waals surface area contributed by atoms with E-state index in [0.29, 0.717) is 0 Å². The van der Waals surface area contributed by atoms with E-state index in [1.165, 1.54) is 37.9 Å². The van der Waals surface area contributed by atoms with Crippen LogP contribution in [-0.4, -0.2) is 0 Å². The molecule has 0 fully saturated rings. The fraction of sp³-hybridized carbons (Fsp3) is 0. The molecule has 5 aromatic carbocycles. The lowest BCUT2D eigenvalue weighted by atomic mass is 9.93. The van der Waals surface area contributed by atoms with Crippen LogP contribution < -0.4 is 0 Å². The predicted octanol–water partition coefficient (Wildman–Crippen LogP) is 6.61. The molecule has 111 valence electrons. The summed E-state index contributed by atoms with van der Waals surface area (Å²) < 4.78 is 0. The molecule has 0 heterocycles. The fourth-order valence-electron chi connectivity index (χ4n) is 3.65. The maximum atomic E-state index is 3.35. The molecule has 0 bridgehead atoms. The quantitative estimate of drug-likeness (QED) is 0.305. The highest BCUT2D eigenvalue weighted by Crippen LogP contribution is 2.35. The summed E-state index contributed by atoms with van der Waals surface area (Å²) in [5, 5.41) is 7.81. The fourth-order valence-corrected chi connectivity index (χ4v) is 3.65. The van der Waals surface area contributed by atoms with Crippen LogP contribution in [0.25, 0.3) is 43.4 Å². The standard InChI is InChI=1S/C24H15/c1-2-7-17(8-3-1)20-11-6-12-21-22(20)15-16-23-19-10-5-4-9-18(19)13-14-24(21)23/h1-7,9-16H. The van der Waals surface area contributed by atoms with Crippen molar-refractivity contribution in [1.82, 2.24) is 0 Å². The number of hydrogen-bond acceptors (Lipinski definition) is 0. The Morgan fingerprint density at radius 1 is 0.458 bits per heavy atom. The van der Waals surface area contributed by atoms with Crippen molar-refractivity contribution >= 4 is 32.3 Å². The molecule has 0 atom stereocenters. The van der Waals surface area contributed by atoms with Gasteiger partial charge in [-0.3, -0.25) is 0 Å². The molecule has 0 saturated carbocycles.